The van der Waals surface area contributed by atoms with E-state index < -0.39 is 0 Å². The Kier molecular flexibility index (Phi) is 8.34. The van der Waals surface area contributed by atoms with Gasteiger partial charge in [0, 0.05) is 37.6 Å². The number of rotatable bonds is 8. The third kappa shape index (κ3) is 6.73. The lowest BCUT2D eigenvalue weighted by atomic mass is 10.1. The summed E-state index contributed by atoms with van der Waals surface area (Å²) in [7, 11) is 0. The number of guanidine groups is 1. The van der Waals surface area contributed by atoms with E-state index in [1.165, 1.54) is 4.88 Å². The lowest BCUT2D eigenvalue weighted by Gasteiger charge is -2.36. The topological polar surface area (TPSA) is 75.4 Å². The Bertz CT molecular complexity index is 562. The Labute approximate surface area is 166 Å². The molecule has 2 fully saturated rings. The first kappa shape index (κ1) is 20.5. The van der Waals surface area contributed by atoms with Crippen molar-refractivity contribution in [1.29, 1.82) is 0 Å². The van der Waals surface area contributed by atoms with Crippen molar-refractivity contribution in [2.75, 3.05) is 65.6 Å². The Hall–Kier alpha value is -1.19. The molecule has 0 radical (unpaired) electrons. The minimum atomic E-state index is 0.265. The van der Waals surface area contributed by atoms with Crippen molar-refractivity contribution >= 4 is 17.3 Å². The molecule has 0 saturated carbocycles. The van der Waals surface area contributed by atoms with E-state index in [1.54, 1.807) is 11.3 Å². The Morgan fingerprint density at radius 2 is 2.22 bits per heavy atom. The van der Waals surface area contributed by atoms with Gasteiger partial charge in [-0.05, 0) is 31.3 Å². The van der Waals surface area contributed by atoms with Crippen LogP contribution in [0.1, 0.15) is 24.3 Å². The molecule has 2 atom stereocenters. The van der Waals surface area contributed by atoms with Crippen LogP contribution in [-0.2, 0) is 9.47 Å². The van der Waals surface area contributed by atoms with Crippen LogP contribution >= 0.6 is 11.3 Å². The summed E-state index contributed by atoms with van der Waals surface area (Å²) < 4.78 is 11.1. The first-order chi connectivity index (χ1) is 13.2. The van der Waals surface area contributed by atoms with Crippen LogP contribution in [0.15, 0.2) is 22.5 Å². The van der Waals surface area contributed by atoms with Gasteiger partial charge in [0.05, 0.1) is 38.5 Å². The van der Waals surface area contributed by atoms with Crippen molar-refractivity contribution in [2.24, 2.45) is 10.7 Å². The molecule has 0 bridgehead atoms. The second kappa shape index (κ2) is 11.0. The Morgan fingerprint density at radius 1 is 1.37 bits per heavy atom. The summed E-state index contributed by atoms with van der Waals surface area (Å²) in [5.74, 6) is 0.542. The van der Waals surface area contributed by atoms with Crippen LogP contribution in [0, 0.1) is 0 Å². The quantitative estimate of drug-likeness (QED) is 0.391. The molecule has 27 heavy (non-hydrogen) atoms. The number of hydrogen-bond acceptors (Lipinski definition) is 6. The molecule has 3 heterocycles. The Balaban J connectivity index is 1.45. The zero-order chi connectivity index (χ0) is 18.9. The van der Waals surface area contributed by atoms with E-state index in [4.69, 9.17) is 15.2 Å². The number of nitrogens with one attached hydrogen (secondary N) is 1. The van der Waals surface area contributed by atoms with Gasteiger partial charge in [-0.25, -0.2) is 0 Å². The number of hydrogen-bond donors (Lipinski definition) is 2. The first-order valence-electron chi connectivity index (χ1n) is 9.95. The summed E-state index contributed by atoms with van der Waals surface area (Å²) in [6, 6.07) is 4.56. The average molecular weight is 396 g/mol. The maximum absolute atomic E-state index is 6.12. The van der Waals surface area contributed by atoms with Crippen molar-refractivity contribution in [3.8, 4) is 0 Å². The third-order valence-electron chi connectivity index (χ3n) is 5.08. The fourth-order valence-electron chi connectivity index (χ4n) is 3.58. The van der Waals surface area contributed by atoms with Crippen LogP contribution in [-0.4, -0.2) is 87.5 Å². The van der Waals surface area contributed by atoms with E-state index >= 15 is 0 Å². The van der Waals surface area contributed by atoms with Gasteiger partial charge in [0.2, 0.25) is 0 Å². The van der Waals surface area contributed by atoms with Crippen LogP contribution < -0.4 is 11.1 Å². The van der Waals surface area contributed by atoms with E-state index in [2.05, 4.69) is 44.5 Å². The number of thiophene rings is 1. The molecule has 2 unspecified atom stereocenters. The molecule has 2 aliphatic heterocycles. The highest BCUT2D eigenvalue weighted by Crippen LogP contribution is 2.27. The lowest BCUT2D eigenvalue weighted by Crippen LogP contribution is -2.44. The number of morpholine rings is 2. The van der Waals surface area contributed by atoms with Gasteiger partial charge in [0.15, 0.2) is 5.96 Å². The number of nitrogens with two attached hydrogens (primary N) is 1. The van der Waals surface area contributed by atoms with Crippen molar-refractivity contribution in [3.63, 3.8) is 0 Å². The van der Waals surface area contributed by atoms with E-state index in [9.17, 15) is 0 Å². The largest absolute Gasteiger partial charge is 0.379 e. The number of nitrogens with zero attached hydrogens (tertiary/aromatic N) is 3. The van der Waals surface area contributed by atoms with E-state index in [1.807, 2.05) is 0 Å². The first-order valence-corrected chi connectivity index (χ1v) is 10.8. The predicted octanol–water partition coefficient (Wildman–Crippen LogP) is 1.14. The van der Waals surface area contributed by atoms with Crippen LogP contribution in [0.25, 0.3) is 0 Å². The zero-order valence-electron chi connectivity index (χ0n) is 16.3. The monoisotopic (exact) mass is 395 g/mol. The molecule has 0 aliphatic carbocycles. The van der Waals surface area contributed by atoms with E-state index in [0.29, 0.717) is 12.5 Å². The molecule has 8 heteroatoms. The van der Waals surface area contributed by atoms with Crippen molar-refractivity contribution in [3.05, 3.63) is 22.4 Å². The fraction of sp³-hybridized carbons (Fsp3) is 0.737. The van der Waals surface area contributed by atoms with Crippen molar-refractivity contribution in [1.82, 2.24) is 15.1 Å². The smallest absolute Gasteiger partial charge is 0.188 e. The van der Waals surface area contributed by atoms with Gasteiger partial charge in [-0.15, -0.1) is 11.3 Å². The normalized spacial score (nSPS) is 24.0. The molecule has 2 saturated heterocycles. The number of ether oxygens (including phenoxy) is 2. The van der Waals surface area contributed by atoms with Crippen LogP contribution in [0.3, 0.4) is 0 Å². The molecule has 3 N–H and O–H groups in total. The van der Waals surface area contributed by atoms with Gasteiger partial charge < -0.3 is 20.5 Å². The minimum Gasteiger partial charge on any atom is -0.379 e. The van der Waals surface area contributed by atoms with Gasteiger partial charge in [0.1, 0.15) is 0 Å². The summed E-state index contributed by atoms with van der Waals surface area (Å²) in [6.45, 7) is 11.2. The lowest BCUT2D eigenvalue weighted by molar-refractivity contribution is -0.0327. The second-order valence-corrected chi connectivity index (χ2v) is 8.15. The molecular weight excluding hydrogens is 362 g/mol. The summed E-state index contributed by atoms with van der Waals surface area (Å²) >= 11 is 1.79. The molecule has 1 aromatic rings. The highest BCUT2D eigenvalue weighted by Gasteiger charge is 2.26. The molecule has 0 aromatic carbocycles. The van der Waals surface area contributed by atoms with Crippen LogP contribution in [0.4, 0.5) is 0 Å². The van der Waals surface area contributed by atoms with Crippen molar-refractivity contribution < 1.29 is 9.47 Å². The van der Waals surface area contributed by atoms with Crippen LogP contribution in [0.2, 0.25) is 0 Å². The molecule has 152 valence electrons. The molecule has 0 spiro atoms. The maximum Gasteiger partial charge on any atom is 0.188 e. The molecule has 1 aromatic heterocycles. The van der Waals surface area contributed by atoms with Gasteiger partial charge in [-0.2, -0.15) is 0 Å². The zero-order valence-corrected chi connectivity index (χ0v) is 17.1. The summed E-state index contributed by atoms with van der Waals surface area (Å²) in [4.78, 5) is 10.9. The second-order valence-electron chi connectivity index (χ2n) is 7.17. The Morgan fingerprint density at radius 3 is 2.96 bits per heavy atom. The average Bonchev–Trinajstić information content (AvgIpc) is 3.21. The predicted molar refractivity (Wildman–Crippen MR) is 110 cm³/mol. The molecule has 0 amide bonds. The van der Waals surface area contributed by atoms with Crippen molar-refractivity contribution in [2.45, 2.75) is 25.5 Å². The molecule has 3 rings (SSSR count). The van der Waals surface area contributed by atoms with Gasteiger partial charge in [0.25, 0.3) is 0 Å². The van der Waals surface area contributed by atoms with Gasteiger partial charge >= 0.3 is 0 Å². The number of aliphatic imine (C=N–C) groups is 1. The SMILES string of the molecule is CC1CN(C(CN=C(N)NCCCN2CCOCC2)c2cccs2)CCO1. The highest BCUT2D eigenvalue weighted by atomic mass is 32.1. The van der Waals surface area contributed by atoms with Gasteiger partial charge in [-0.3, -0.25) is 14.8 Å². The highest BCUT2D eigenvalue weighted by molar-refractivity contribution is 7.10. The maximum atomic E-state index is 6.12. The van der Waals surface area contributed by atoms with Gasteiger partial charge in [-0.1, -0.05) is 6.07 Å². The standard InChI is InChI=1S/C19H33N5O2S/c1-16-15-24(9-12-26-16)17(18-4-2-13-27-18)14-22-19(20)21-5-3-6-23-7-10-25-11-8-23/h2,4,13,16-17H,3,5-12,14-15H2,1H3,(H3,20,21,22). The molecular formula is C19H33N5O2S. The van der Waals surface area contributed by atoms with E-state index in [0.717, 1.165) is 65.5 Å². The molecule has 7 nitrogen and oxygen atoms in total. The summed E-state index contributed by atoms with van der Waals surface area (Å²) in [6.07, 6.45) is 1.33. The van der Waals surface area contributed by atoms with E-state index in [-0.39, 0.29) is 12.1 Å². The summed E-state index contributed by atoms with van der Waals surface area (Å²) in [5, 5.41) is 5.39. The van der Waals surface area contributed by atoms with Crippen LogP contribution in [0.5, 0.6) is 0 Å². The third-order valence-corrected chi connectivity index (χ3v) is 6.05. The fourth-order valence-corrected chi connectivity index (χ4v) is 4.43. The minimum absolute atomic E-state index is 0.265. The molecule has 2 aliphatic rings. The summed E-state index contributed by atoms with van der Waals surface area (Å²) in [5.41, 5.74) is 6.12.